The van der Waals surface area contributed by atoms with Gasteiger partial charge in [0.15, 0.2) is 0 Å². The summed E-state index contributed by atoms with van der Waals surface area (Å²) in [4.78, 5) is 16.2. The summed E-state index contributed by atoms with van der Waals surface area (Å²) in [5.74, 6) is -0.428. The van der Waals surface area contributed by atoms with Crippen molar-refractivity contribution >= 4 is 39.1 Å². The van der Waals surface area contributed by atoms with E-state index in [1.807, 2.05) is 29.2 Å². The zero-order valence-electron chi connectivity index (χ0n) is 14.4. The molecule has 0 aromatic heterocycles. The van der Waals surface area contributed by atoms with Crippen molar-refractivity contribution in [2.75, 3.05) is 24.5 Å². The van der Waals surface area contributed by atoms with Crippen molar-refractivity contribution in [2.24, 2.45) is 0 Å². The highest BCUT2D eigenvalue weighted by Crippen LogP contribution is 2.34. The van der Waals surface area contributed by atoms with Gasteiger partial charge in [-0.2, -0.15) is 0 Å². The van der Waals surface area contributed by atoms with Gasteiger partial charge in [0.1, 0.15) is 5.82 Å². The van der Waals surface area contributed by atoms with Crippen LogP contribution in [0.15, 0.2) is 59.1 Å². The van der Waals surface area contributed by atoms with E-state index in [0.717, 1.165) is 10.0 Å². The molecule has 1 amide bonds. The van der Waals surface area contributed by atoms with Gasteiger partial charge in [-0.25, -0.2) is 4.39 Å². The lowest BCUT2D eigenvalue weighted by atomic mass is 10.0. The van der Waals surface area contributed by atoms with E-state index in [4.69, 9.17) is 11.6 Å². The number of hydrogen-bond acceptors (Lipinski definition) is 2. The van der Waals surface area contributed by atoms with E-state index in [0.29, 0.717) is 35.9 Å². The van der Waals surface area contributed by atoms with E-state index in [9.17, 15) is 9.18 Å². The maximum absolute atomic E-state index is 14.5. The zero-order chi connectivity index (χ0) is 18.8. The van der Waals surface area contributed by atoms with Crippen molar-refractivity contribution in [1.29, 1.82) is 0 Å². The average Bonchev–Trinajstić information content (AvgIpc) is 2.61. The molecule has 1 fully saturated rings. The third-order valence-electron chi connectivity index (χ3n) is 4.51. The van der Waals surface area contributed by atoms with Gasteiger partial charge < -0.3 is 9.80 Å². The first-order chi connectivity index (χ1) is 12.4. The maximum Gasteiger partial charge on any atom is 0.249 e. The minimum absolute atomic E-state index is 0.0664. The molecule has 1 atom stereocenters. The zero-order valence-corrected chi connectivity index (χ0v) is 16.7. The Kier molecular flexibility index (Phi) is 5.68. The molecule has 0 aliphatic carbocycles. The minimum atomic E-state index is -0.362. The number of carbonyl (C=O) groups is 1. The molecule has 2 aromatic carbocycles. The van der Waals surface area contributed by atoms with Crippen molar-refractivity contribution in [3.8, 4) is 0 Å². The number of piperazine rings is 1. The average molecular weight is 438 g/mol. The molecular formula is C20H19BrClFN2O. The summed E-state index contributed by atoms with van der Waals surface area (Å²) >= 11 is 9.34. The molecule has 0 radical (unpaired) electrons. The number of anilines is 1. The maximum atomic E-state index is 14.5. The predicted octanol–water partition coefficient (Wildman–Crippen LogP) is 5.21. The van der Waals surface area contributed by atoms with Gasteiger partial charge >= 0.3 is 0 Å². The first-order valence-electron chi connectivity index (χ1n) is 8.29. The van der Waals surface area contributed by atoms with Gasteiger partial charge in [-0.15, -0.1) is 0 Å². The Hall–Kier alpha value is -1.85. The second-order valence-electron chi connectivity index (χ2n) is 6.39. The number of halogens is 3. The SMILES string of the molecule is C=C(C)C(=O)N1CCN(c2ccc(Cl)cc2F)[C@H](c2ccc(Br)cc2)C1. The number of benzene rings is 2. The minimum Gasteiger partial charge on any atom is -0.359 e. The fraction of sp³-hybridized carbons (Fsp3) is 0.250. The molecule has 1 heterocycles. The van der Waals surface area contributed by atoms with Crippen LogP contribution in [0.1, 0.15) is 18.5 Å². The summed E-state index contributed by atoms with van der Waals surface area (Å²) in [6.07, 6.45) is 0. The fourth-order valence-corrected chi connectivity index (χ4v) is 3.63. The highest BCUT2D eigenvalue weighted by molar-refractivity contribution is 9.10. The van der Waals surface area contributed by atoms with E-state index in [1.54, 1.807) is 24.0 Å². The normalized spacial score (nSPS) is 17.3. The summed E-state index contributed by atoms with van der Waals surface area (Å²) in [5.41, 5.74) is 2.01. The van der Waals surface area contributed by atoms with E-state index in [-0.39, 0.29) is 17.8 Å². The van der Waals surface area contributed by atoms with Crippen LogP contribution in [0.3, 0.4) is 0 Å². The van der Waals surface area contributed by atoms with Crippen molar-refractivity contribution in [2.45, 2.75) is 13.0 Å². The third-order valence-corrected chi connectivity index (χ3v) is 5.27. The Morgan fingerprint density at radius 1 is 1.23 bits per heavy atom. The van der Waals surface area contributed by atoms with Crippen LogP contribution in [-0.2, 0) is 4.79 Å². The number of amides is 1. The highest BCUT2D eigenvalue weighted by Gasteiger charge is 2.32. The molecule has 3 rings (SSSR count). The molecule has 0 unspecified atom stereocenters. The Morgan fingerprint density at radius 2 is 1.92 bits per heavy atom. The van der Waals surface area contributed by atoms with Crippen molar-refractivity contribution in [1.82, 2.24) is 4.90 Å². The van der Waals surface area contributed by atoms with Crippen molar-refractivity contribution in [3.05, 3.63) is 75.5 Å². The van der Waals surface area contributed by atoms with Gasteiger partial charge in [0, 0.05) is 34.7 Å². The summed E-state index contributed by atoms with van der Waals surface area (Å²) in [7, 11) is 0. The van der Waals surface area contributed by atoms with E-state index >= 15 is 0 Å². The van der Waals surface area contributed by atoms with Crippen LogP contribution in [0, 0.1) is 5.82 Å². The van der Waals surface area contributed by atoms with Crippen LogP contribution < -0.4 is 4.90 Å². The molecule has 3 nitrogen and oxygen atoms in total. The highest BCUT2D eigenvalue weighted by atomic mass is 79.9. The largest absolute Gasteiger partial charge is 0.359 e. The summed E-state index contributed by atoms with van der Waals surface area (Å²) in [5, 5.41) is 0.363. The van der Waals surface area contributed by atoms with Crippen LogP contribution in [0.4, 0.5) is 10.1 Å². The molecule has 1 aliphatic heterocycles. The molecule has 0 bridgehead atoms. The van der Waals surface area contributed by atoms with E-state index in [2.05, 4.69) is 22.5 Å². The van der Waals surface area contributed by atoms with Crippen molar-refractivity contribution in [3.63, 3.8) is 0 Å². The van der Waals surface area contributed by atoms with Crippen LogP contribution >= 0.6 is 27.5 Å². The van der Waals surface area contributed by atoms with Gasteiger partial charge in [-0.3, -0.25) is 4.79 Å². The summed E-state index contributed by atoms with van der Waals surface area (Å²) in [6, 6.07) is 12.4. The molecule has 1 aliphatic rings. The summed E-state index contributed by atoms with van der Waals surface area (Å²) in [6.45, 7) is 6.97. The van der Waals surface area contributed by atoms with Gasteiger partial charge in [-0.1, -0.05) is 46.2 Å². The van der Waals surface area contributed by atoms with Crippen LogP contribution in [-0.4, -0.2) is 30.4 Å². The van der Waals surface area contributed by atoms with E-state index in [1.165, 1.54) is 6.07 Å². The lowest BCUT2D eigenvalue weighted by Gasteiger charge is -2.43. The number of rotatable bonds is 3. The predicted molar refractivity (Wildman–Crippen MR) is 107 cm³/mol. The molecule has 1 saturated heterocycles. The monoisotopic (exact) mass is 436 g/mol. The second kappa shape index (κ2) is 7.80. The number of carbonyl (C=O) groups excluding carboxylic acids is 1. The van der Waals surface area contributed by atoms with E-state index < -0.39 is 0 Å². The van der Waals surface area contributed by atoms with Gasteiger partial charge in [0.25, 0.3) is 0 Å². The topological polar surface area (TPSA) is 23.6 Å². The second-order valence-corrected chi connectivity index (χ2v) is 7.74. The first kappa shape index (κ1) is 18.9. The van der Waals surface area contributed by atoms with Gasteiger partial charge in [0.05, 0.1) is 11.7 Å². The molecule has 0 spiro atoms. The molecule has 0 saturated carbocycles. The quantitative estimate of drug-likeness (QED) is 0.616. The standard InChI is InChI=1S/C20H19BrClFN2O/c1-13(2)20(26)24-9-10-25(18-8-7-16(22)11-17(18)23)19(12-24)14-3-5-15(21)6-4-14/h3-8,11,19H,1,9-10,12H2,2H3/t19-/m0/s1. The van der Waals surface area contributed by atoms with Crippen LogP contribution in [0.5, 0.6) is 0 Å². The smallest absolute Gasteiger partial charge is 0.249 e. The number of nitrogens with zero attached hydrogens (tertiary/aromatic N) is 2. The van der Waals surface area contributed by atoms with Crippen LogP contribution in [0.2, 0.25) is 5.02 Å². The molecule has 6 heteroatoms. The van der Waals surface area contributed by atoms with Gasteiger partial charge in [-0.05, 0) is 42.8 Å². The van der Waals surface area contributed by atoms with Crippen LogP contribution in [0.25, 0.3) is 0 Å². The Morgan fingerprint density at radius 3 is 2.54 bits per heavy atom. The third kappa shape index (κ3) is 3.94. The molecule has 0 N–H and O–H groups in total. The molecule has 2 aromatic rings. The Bertz CT molecular complexity index is 840. The fourth-order valence-electron chi connectivity index (χ4n) is 3.21. The first-order valence-corrected chi connectivity index (χ1v) is 9.46. The Labute approximate surface area is 166 Å². The lowest BCUT2D eigenvalue weighted by molar-refractivity contribution is -0.127. The van der Waals surface area contributed by atoms with Gasteiger partial charge in [0.2, 0.25) is 5.91 Å². The van der Waals surface area contributed by atoms with Crippen molar-refractivity contribution < 1.29 is 9.18 Å². The lowest BCUT2D eigenvalue weighted by Crippen LogP contribution is -2.51. The molecule has 26 heavy (non-hydrogen) atoms. The Balaban J connectivity index is 1.98. The number of hydrogen-bond donors (Lipinski definition) is 0. The molecular weight excluding hydrogens is 419 g/mol. The molecule has 136 valence electrons. The summed E-state index contributed by atoms with van der Waals surface area (Å²) < 4.78 is 15.5.